The molecular weight excluding hydrogens is 204 g/mol. The van der Waals surface area contributed by atoms with Gasteiger partial charge in [-0.05, 0) is 0 Å². The third kappa shape index (κ3) is 2.10. The van der Waals surface area contributed by atoms with Gasteiger partial charge < -0.3 is 14.8 Å². The number of rotatable bonds is 4. The molecule has 1 saturated heterocycles. The zero-order valence-corrected chi connectivity index (χ0v) is 8.42. The lowest BCUT2D eigenvalue weighted by Crippen LogP contribution is -2.71. The summed E-state index contributed by atoms with van der Waals surface area (Å²) in [7, 11) is 2.55. The van der Waals surface area contributed by atoms with Crippen molar-refractivity contribution in [2.45, 2.75) is 11.5 Å². The molecule has 0 bridgehead atoms. The average molecular weight is 218 g/mol. The van der Waals surface area contributed by atoms with Crippen LogP contribution in [0, 0.1) is 0 Å². The van der Waals surface area contributed by atoms with Crippen molar-refractivity contribution < 1.29 is 18.3 Å². The molecule has 1 aliphatic rings. The lowest BCUT2D eigenvalue weighted by molar-refractivity contribution is -0.235. The molecule has 0 aliphatic carbocycles. The van der Waals surface area contributed by atoms with E-state index in [-0.39, 0.29) is 25.5 Å². The summed E-state index contributed by atoms with van der Waals surface area (Å²) >= 11 is 0. The van der Waals surface area contributed by atoms with Crippen LogP contribution in [-0.4, -0.2) is 45.4 Å². The Bertz CT molecular complexity index is 159. The maximum Gasteiger partial charge on any atom is 0.301 e. The van der Waals surface area contributed by atoms with Gasteiger partial charge >= 0.3 is 5.92 Å². The third-order valence-electron chi connectivity index (χ3n) is 2.20. The average Bonchev–Trinajstić information content (AvgIpc) is 1.84. The van der Waals surface area contributed by atoms with Crippen molar-refractivity contribution in [2.75, 3.05) is 33.9 Å². The summed E-state index contributed by atoms with van der Waals surface area (Å²) in [5.74, 6) is -2.91. The molecule has 0 aromatic heterocycles. The van der Waals surface area contributed by atoms with Crippen molar-refractivity contribution in [3.63, 3.8) is 0 Å². The SMILES string of the molecule is COCC(F)(F)C1(OC)CNC1.Cl. The van der Waals surface area contributed by atoms with Crippen molar-refractivity contribution in [1.29, 1.82) is 0 Å². The summed E-state index contributed by atoms with van der Waals surface area (Å²) in [5, 5.41) is 2.76. The summed E-state index contributed by atoms with van der Waals surface area (Å²) in [6.45, 7) is -0.234. The van der Waals surface area contributed by atoms with Crippen LogP contribution in [0.15, 0.2) is 0 Å². The topological polar surface area (TPSA) is 30.5 Å². The first kappa shape index (κ1) is 13.0. The number of halogens is 3. The van der Waals surface area contributed by atoms with Gasteiger partial charge in [0.25, 0.3) is 0 Å². The number of hydrogen-bond acceptors (Lipinski definition) is 3. The quantitative estimate of drug-likeness (QED) is 0.751. The minimum atomic E-state index is -2.91. The predicted molar refractivity (Wildman–Crippen MR) is 46.7 cm³/mol. The van der Waals surface area contributed by atoms with Gasteiger partial charge in [0.15, 0.2) is 5.60 Å². The number of nitrogens with one attached hydrogen (secondary N) is 1. The first-order valence-corrected chi connectivity index (χ1v) is 3.71. The highest BCUT2D eigenvalue weighted by Gasteiger charge is 2.58. The van der Waals surface area contributed by atoms with E-state index in [9.17, 15) is 8.78 Å². The standard InChI is InChI=1S/C7H13F2NO2.ClH/c1-11-5-7(8,9)6(12-2)3-10-4-6;/h10H,3-5H2,1-2H3;1H. The highest BCUT2D eigenvalue weighted by molar-refractivity contribution is 5.85. The molecule has 3 nitrogen and oxygen atoms in total. The zero-order chi connectivity index (χ0) is 9.24. The Kier molecular flexibility index (Phi) is 4.51. The molecule has 1 heterocycles. The van der Waals surface area contributed by atoms with Crippen molar-refractivity contribution in [3.05, 3.63) is 0 Å². The molecule has 0 unspecified atom stereocenters. The molecule has 0 spiro atoms. The van der Waals surface area contributed by atoms with Gasteiger partial charge in [0.2, 0.25) is 0 Å². The van der Waals surface area contributed by atoms with Crippen LogP contribution >= 0.6 is 12.4 Å². The number of ether oxygens (including phenoxy) is 2. The van der Waals surface area contributed by atoms with Gasteiger partial charge in [0.1, 0.15) is 6.61 Å². The fourth-order valence-electron chi connectivity index (χ4n) is 1.22. The Morgan fingerprint density at radius 3 is 2.15 bits per heavy atom. The molecule has 0 atom stereocenters. The summed E-state index contributed by atoms with van der Waals surface area (Å²) in [4.78, 5) is 0. The van der Waals surface area contributed by atoms with Crippen LogP contribution < -0.4 is 5.32 Å². The van der Waals surface area contributed by atoms with Gasteiger partial charge in [-0.2, -0.15) is 0 Å². The van der Waals surface area contributed by atoms with E-state index in [1.165, 1.54) is 14.2 Å². The van der Waals surface area contributed by atoms with Crippen LogP contribution in [-0.2, 0) is 9.47 Å². The number of alkyl halides is 2. The van der Waals surface area contributed by atoms with Crippen LogP contribution in [0.2, 0.25) is 0 Å². The van der Waals surface area contributed by atoms with Crippen LogP contribution in [0.4, 0.5) is 8.78 Å². The van der Waals surface area contributed by atoms with Crippen LogP contribution in [0.1, 0.15) is 0 Å². The molecule has 1 rings (SSSR count). The van der Waals surface area contributed by atoms with E-state index >= 15 is 0 Å². The smallest absolute Gasteiger partial charge is 0.301 e. The van der Waals surface area contributed by atoms with E-state index in [0.29, 0.717) is 0 Å². The predicted octanol–water partition coefficient (Wildman–Crippen LogP) is 0.678. The molecule has 0 amide bonds. The van der Waals surface area contributed by atoms with Gasteiger partial charge in [-0.1, -0.05) is 0 Å². The van der Waals surface area contributed by atoms with Crippen LogP contribution in [0.25, 0.3) is 0 Å². The van der Waals surface area contributed by atoms with Crippen molar-refractivity contribution in [3.8, 4) is 0 Å². The Hall–Kier alpha value is 0.0300. The van der Waals surface area contributed by atoms with Crippen molar-refractivity contribution in [1.82, 2.24) is 5.32 Å². The second-order valence-corrected chi connectivity index (χ2v) is 2.94. The molecule has 1 N–H and O–H groups in total. The molecule has 0 saturated carbocycles. The zero-order valence-electron chi connectivity index (χ0n) is 7.60. The molecule has 0 radical (unpaired) electrons. The third-order valence-corrected chi connectivity index (χ3v) is 2.20. The molecule has 80 valence electrons. The summed E-state index contributed by atoms with van der Waals surface area (Å²) in [6.07, 6.45) is 0. The summed E-state index contributed by atoms with van der Waals surface area (Å²) < 4.78 is 35.7. The molecule has 13 heavy (non-hydrogen) atoms. The number of hydrogen-bond donors (Lipinski definition) is 1. The minimum absolute atomic E-state index is 0. The first-order valence-electron chi connectivity index (χ1n) is 3.71. The fraction of sp³-hybridized carbons (Fsp3) is 1.00. The first-order chi connectivity index (χ1) is 5.58. The number of methoxy groups -OCH3 is 2. The summed E-state index contributed by atoms with van der Waals surface area (Å²) in [6, 6.07) is 0. The van der Waals surface area contributed by atoms with Gasteiger partial charge in [0.05, 0.1) is 0 Å². The maximum atomic E-state index is 13.2. The molecule has 6 heteroatoms. The lowest BCUT2D eigenvalue weighted by Gasteiger charge is -2.45. The van der Waals surface area contributed by atoms with Crippen LogP contribution in [0.3, 0.4) is 0 Å². The highest BCUT2D eigenvalue weighted by atomic mass is 35.5. The van der Waals surface area contributed by atoms with Crippen LogP contribution in [0.5, 0.6) is 0 Å². The Labute approximate surface area is 82.2 Å². The Morgan fingerprint density at radius 2 is 1.92 bits per heavy atom. The minimum Gasteiger partial charge on any atom is -0.378 e. The summed E-state index contributed by atoms with van der Waals surface area (Å²) in [5.41, 5.74) is -1.36. The Morgan fingerprint density at radius 1 is 1.38 bits per heavy atom. The molecular formula is C7H14ClF2NO2. The van der Waals surface area contributed by atoms with Crippen molar-refractivity contribution >= 4 is 12.4 Å². The Balaban J connectivity index is 0.00000144. The van der Waals surface area contributed by atoms with E-state index in [0.717, 1.165) is 0 Å². The second kappa shape index (κ2) is 4.50. The van der Waals surface area contributed by atoms with Gasteiger partial charge in [-0.25, -0.2) is 8.78 Å². The fourth-order valence-corrected chi connectivity index (χ4v) is 1.22. The molecule has 0 aromatic rings. The van der Waals surface area contributed by atoms with E-state index in [2.05, 4.69) is 10.1 Å². The van der Waals surface area contributed by atoms with E-state index in [1.807, 2.05) is 0 Å². The van der Waals surface area contributed by atoms with E-state index < -0.39 is 18.1 Å². The van der Waals surface area contributed by atoms with Gasteiger partial charge in [0, 0.05) is 27.3 Å². The van der Waals surface area contributed by atoms with Gasteiger partial charge in [-0.3, -0.25) is 0 Å². The monoisotopic (exact) mass is 217 g/mol. The lowest BCUT2D eigenvalue weighted by atomic mass is 9.89. The maximum absolute atomic E-state index is 13.2. The van der Waals surface area contributed by atoms with Crippen molar-refractivity contribution in [2.24, 2.45) is 0 Å². The van der Waals surface area contributed by atoms with Gasteiger partial charge in [-0.15, -0.1) is 12.4 Å². The van der Waals surface area contributed by atoms with E-state index in [4.69, 9.17) is 4.74 Å². The second-order valence-electron chi connectivity index (χ2n) is 2.94. The molecule has 1 fully saturated rings. The molecule has 1 aliphatic heterocycles. The molecule has 0 aromatic carbocycles. The van der Waals surface area contributed by atoms with E-state index in [1.54, 1.807) is 0 Å². The normalized spacial score (nSPS) is 20.3. The largest absolute Gasteiger partial charge is 0.378 e. The highest BCUT2D eigenvalue weighted by Crippen LogP contribution is 2.34.